The van der Waals surface area contributed by atoms with Crippen molar-refractivity contribution in [3.8, 4) is 0 Å². The summed E-state index contributed by atoms with van der Waals surface area (Å²) < 4.78 is 0. The zero-order chi connectivity index (χ0) is 7.90. The van der Waals surface area contributed by atoms with Crippen LogP contribution in [0.25, 0.3) is 0 Å². The first-order chi connectivity index (χ1) is 5.26. The van der Waals surface area contributed by atoms with E-state index in [1.54, 1.807) is 0 Å². The molecule has 0 aromatic rings. The van der Waals surface area contributed by atoms with E-state index in [9.17, 15) is 4.79 Å². The minimum atomic E-state index is 0.132. The number of likely N-dealkylation sites (N-methyl/N-ethyl adjacent to an activating group) is 1. The van der Waals surface area contributed by atoms with Gasteiger partial charge in [0.05, 0.1) is 5.54 Å². The van der Waals surface area contributed by atoms with Crippen molar-refractivity contribution in [3.63, 3.8) is 0 Å². The lowest BCUT2D eigenvalue weighted by Crippen LogP contribution is -2.49. The quantitative estimate of drug-likeness (QED) is 0.599. The summed E-state index contributed by atoms with van der Waals surface area (Å²) in [6.45, 7) is 3.80. The molecule has 2 aliphatic rings. The Balaban J connectivity index is 2.05. The number of carbonyl (C=O) groups excluding carboxylic acids is 1. The third-order valence-electron chi connectivity index (χ3n) is 2.85. The van der Waals surface area contributed by atoms with E-state index >= 15 is 0 Å². The highest BCUT2D eigenvalue weighted by Crippen LogP contribution is 2.35. The smallest absolute Gasteiger partial charge is 0.317 e. The van der Waals surface area contributed by atoms with Crippen molar-refractivity contribution in [1.29, 1.82) is 0 Å². The van der Waals surface area contributed by atoms with Gasteiger partial charge in [0.2, 0.25) is 0 Å². The van der Waals surface area contributed by atoms with E-state index in [1.165, 1.54) is 19.3 Å². The highest BCUT2D eigenvalue weighted by Gasteiger charge is 2.45. The molecule has 3 nitrogen and oxygen atoms in total. The molecule has 0 radical (unpaired) electrons. The maximum absolute atomic E-state index is 11.2. The molecule has 0 atom stereocenters. The van der Waals surface area contributed by atoms with Gasteiger partial charge in [-0.25, -0.2) is 4.79 Å². The molecule has 1 N–H and O–H groups in total. The number of amides is 2. The summed E-state index contributed by atoms with van der Waals surface area (Å²) in [6.07, 6.45) is 3.63. The summed E-state index contributed by atoms with van der Waals surface area (Å²) in [6, 6.07) is 0.132. The molecule has 11 heavy (non-hydrogen) atoms. The number of nitrogens with zero attached hydrogens (tertiary/aromatic N) is 1. The second-order valence-corrected chi connectivity index (χ2v) is 3.58. The third kappa shape index (κ3) is 0.905. The van der Waals surface area contributed by atoms with Crippen LogP contribution in [0.4, 0.5) is 4.79 Å². The fraction of sp³-hybridized carbons (Fsp3) is 0.875. The molecule has 1 saturated heterocycles. The number of carbonyl (C=O) groups is 1. The van der Waals surface area contributed by atoms with Crippen LogP contribution in [0.15, 0.2) is 0 Å². The normalized spacial score (nSPS) is 27.0. The molecule has 0 aromatic heterocycles. The topological polar surface area (TPSA) is 32.3 Å². The molecule has 0 bridgehead atoms. The molecule has 1 aliphatic heterocycles. The van der Waals surface area contributed by atoms with Gasteiger partial charge >= 0.3 is 6.03 Å². The van der Waals surface area contributed by atoms with Crippen molar-refractivity contribution >= 4 is 6.03 Å². The van der Waals surface area contributed by atoms with Crippen LogP contribution >= 0.6 is 0 Å². The summed E-state index contributed by atoms with van der Waals surface area (Å²) in [7, 11) is 0. The van der Waals surface area contributed by atoms with Crippen LogP contribution in [0.1, 0.15) is 26.2 Å². The second kappa shape index (κ2) is 2.13. The first kappa shape index (κ1) is 6.95. The molecule has 2 fully saturated rings. The molecule has 62 valence electrons. The van der Waals surface area contributed by atoms with E-state index in [4.69, 9.17) is 0 Å². The van der Waals surface area contributed by atoms with E-state index in [1.807, 2.05) is 11.8 Å². The standard InChI is InChI=1S/C8H14N2O/c1-2-10-6-8(4-3-5-8)9-7(10)11/h2-6H2,1H3,(H,9,11). The Bertz CT molecular complexity index is 187. The Morgan fingerprint density at radius 3 is 2.64 bits per heavy atom. The Labute approximate surface area is 66.8 Å². The number of urea groups is 1. The van der Waals surface area contributed by atoms with Gasteiger partial charge in [0.15, 0.2) is 0 Å². The minimum Gasteiger partial charge on any atom is -0.331 e. The molecule has 1 heterocycles. The number of rotatable bonds is 1. The first-order valence-electron chi connectivity index (χ1n) is 4.33. The van der Waals surface area contributed by atoms with Crippen LogP contribution < -0.4 is 5.32 Å². The van der Waals surface area contributed by atoms with Crippen LogP contribution in [0, 0.1) is 0 Å². The fourth-order valence-electron chi connectivity index (χ4n) is 1.92. The summed E-state index contributed by atoms with van der Waals surface area (Å²) in [4.78, 5) is 13.1. The van der Waals surface area contributed by atoms with E-state index in [-0.39, 0.29) is 11.6 Å². The maximum atomic E-state index is 11.2. The Kier molecular flexibility index (Phi) is 1.34. The summed E-state index contributed by atoms with van der Waals surface area (Å²) in [5.41, 5.74) is 0.188. The van der Waals surface area contributed by atoms with Gasteiger partial charge < -0.3 is 10.2 Å². The van der Waals surface area contributed by atoms with Crippen molar-refractivity contribution in [1.82, 2.24) is 10.2 Å². The molecular weight excluding hydrogens is 140 g/mol. The minimum absolute atomic E-state index is 0.132. The van der Waals surface area contributed by atoms with Crippen molar-refractivity contribution in [3.05, 3.63) is 0 Å². The average molecular weight is 154 g/mol. The van der Waals surface area contributed by atoms with Crippen LogP contribution in [0.3, 0.4) is 0 Å². The predicted molar refractivity (Wildman–Crippen MR) is 42.4 cm³/mol. The van der Waals surface area contributed by atoms with Gasteiger partial charge in [0, 0.05) is 13.1 Å². The monoisotopic (exact) mass is 154 g/mol. The molecular formula is C8H14N2O. The van der Waals surface area contributed by atoms with E-state index in [2.05, 4.69) is 5.32 Å². The molecule has 2 amide bonds. The lowest BCUT2D eigenvalue weighted by Gasteiger charge is -2.37. The van der Waals surface area contributed by atoms with Crippen molar-refractivity contribution in [2.45, 2.75) is 31.7 Å². The molecule has 0 aromatic carbocycles. The molecule has 2 rings (SSSR count). The van der Waals surface area contributed by atoms with Crippen molar-refractivity contribution < 1.29 is 4.79 Å². The summed E-state index contributed by atoms with van der Waals surface area (Å²) in [5.74, 6) is 0. The second-order valence-electron chi connectivity index (χ2n) is 3.58. The molecule has 1 saturated carbocycles. The largest absolute Gasteiger partial charge is 0.331 e. The lowest BCUT2D eigenvalue weighted by atomic mass is 9.77. The van der Waals surface area contributed by atoms with Crippen LogP contribution in [0.2, 0.25) is 0 Å². The first-order valence-corrected chi connectivity index (χ1v) is 4.33. The number of hydrogen-bond acceptors (Lipinski definition) is 1. The van der Waals surface area contributed by atoms with E-state index in [0.29, 0.717) is 0 Å². The van der Waals surface area contributed by atoms with E-state index in [0.717, 1.165) is 13.1 Å². The lowest BCUT2D eigenvalue weighted by molar-refractivity contribution is 0.213. The maximum Gasteiger partial charge on any atom is 0.317 e. The van der Waals surface area contributed by atoms with Crippen LogP contribution in [-0.2, 0) is 0 Å². The zero-order valence-electron chi connectivity index (χ0n) is 6.89. The summed E-state index contributed by atoms with van der Waals surface area (Å²) in [5, 5.41) is 3.05. The summed E-state index contributed by atoms with van der Waals surface area (Å²) >= 11 is 0. The van der Waals surface area contributed by atoms with Gasteiger partial charge in [0.25, 0.3) is 0 Å². The van der Waals surface area contributed by atoms with Crippen LogP contribution in [0.5, 0.6) is 0 Å². The predicted octanol–water partition coefficient (Wildman–Crippen LogP) is 0.954. The van der Waals surface area contributed by atoms with Crippen LogP contribution in [-0.4, -0.2) is 29.6 Å². The van der Waals surface area contributed by atoms with E-state index < -0.39 is 0 Å². The Hall–Kier alpha value is -0.730. The zero-order valence-corrected chi connectivity index (χ0v) is 6.89. The van der Waals surface area contributed by atoms with Gasteiger partial charge in [-0.2, -0.15) is 0 Å². The Morgan fingerprint density at radius 2 is 2.36 bits per heavy atom. The molecule has 3 heteroatoms. The number of hydrogen-bond donors (Lipinski definition) is 1. The third-order valence-corrected chi connectivity index (χ3v) is 2.85. The highest BCUT2D eigenvalue weighted by atomic mass is 16.2. The molecule has 0 unspecified atom stereocenters. The van der Waals surface area contributed by atoms with Gasteiger partial charge in [-0.05, 0) is 26.2 Å². The number of nitrogens with one attached hydrogen (secondary N) is 1. The van der Waals surface area contributed by atoms with Gasteiger partial charge in [0.1, 0.15) is 0 Å². The molecule has 1 spiro atoms. The van der Waals surface area contributed by atoms with Gasteiger partial charge in [-0.3, -0.25) is 0 Å². The SMILES string of the molecule is CCN1CC2(CCC2)NC1=O. The fourth-order valence-corrected chi connectivity index (χ4v) is 1.92. The Morgan fingerprint density at radius 1 is 1.64 bits per heavy atom. The van der Waals surface area contributed by atoms with Crippen molar-refractivity contribution in [2.75, 3.05) is 13.1 Å². The highest BCUT2D eigenvalue weighted by molar-refractivity contribution is 5.78. The van der Waals surface area contributed by atoms with Gasteiger partial charge in [-0.1, -0.05) is 0 Å². The van der Waals surface area contributed by atoms with Crippen molar-refractivity contribution in [2.24, 2.45) is 0 Å². The molecule has 1 aliphatic carbocycles. The average Bonchev–Trinajstić information content (AvgIpc) is 2.26. The van der Waals surface area contributed by atoms with Gasteiger partial charge in [-0.15, -0.1) is 0 Å².